The van der Waals surface area contributed by atoms with Gasteiger partial charge >= 0.3 is 0 Å². The summed E-state index contributed by atoms with van der Waals surface area (Å²) in [6.07, 6.45) is 1.13. The van der Waals surface area contributed by atoms with Crippen LogP contribution in [-0.2, 0) is 0 Å². The molecular weight excluding hydrogens is 410 g/mol. The first-order chi connectivity index (χ1) is 13.7. The molecule has 1 atom stereocenters. The van der Waals surface area contributed by atoms with Crippen molar-refractivity contribution in [3.63, 3.8) is 0 Å². The zero-order valence-electron chi connectivity index (χ0n) is 16.0. The molecule has 1 aromatic heterocycles. The van der Waals surface area contributed by atoms with Crippen molar-refractivity contribution < 1.29 is 0 Å². The molecule has 0 radical (unpaired) electrons. The van der Waals surface area contributed by atoms with E-state index in [2.05, 4.69) is 93.1 Å². The fraction of sp³-hybridized carbons (Fsp3) is 0.167. The van der Waals surface area contributed by atoms with E-state index >= 15 is 0 Å². The van der Waals surface area contributed by atoms with Gasteiger partial charge in [-0.1, -0.05) is 84.4 Å². The summed E-state index contributed by atoms with van der Waals surface area (Å²) in [6.45, 7) is 4.48. The van der Waals surface area contributed by atoms with Gasteiger partial charge in [0.25, 0.3) is 0 Å². The quantitative estimate of drug-likeness (QED) is 0.344. The first-order valence-electron chi connectivity index (χ1n) is 9.54. The molecule has 0 amide bonds. The average Bonchev–Trinajstić information content (AvgIpc) is 3.19. The van der Waals surface area contributed by atoms with E-state index < -0.39 is 0 Å². The van der Waals surface area contributed by atoms with Crippen LogP contribution in [0.4, 0.5) is 0 Å². The minimum atomic E-state index is 0.550. The van der Waals surface area contributed by atoms with Crippen molar-refractivity contribution in [2.75, 3.05) is 0 Å². The molecule has 0 aliphatic heterocycles. The van der Waals surface area contributed by atoms with Crippen molar-refractivity contribution in [1.82, 2.24) is 14.8 Å². The largest absolute Gasteiger partial charge is 0.275 e. The van der Waals surface area contributed by atoms with Crippen molar-refractivity contribution >= 4 is 15.9 Å². The molecule has 140 valence electrons. The lowest BCUT2D eigenvalue weighted by Crippen LogP contribution is -2.01. The summed E-state index contributed by atoms with van der Waals surface area (Å²) in [4.78, 5) is 0. The Labute approximate surface area is 174 Å². The number of rotatable bonds is 5. The number of nitrogens with zero attached hydrogens (tertiary/aromatic N) is 3. The van der Waals surface area contributed by atoms with Crippen LogP contribution in [0.2, 0.25) is 0 Å². The normalized spacial score (nSPS) is 12.1. The number of aromatic nitrogens is 3. The van der Waals surface area contributed by atoms with E-state index in [9.17, 15) is 0 Å². The second-order valence-corrected chi connectivity index (χ2v) is 7.87. The molecule has 3 aromatic carbocycles. The molecule has 0 fully saturated rings. The van der Waals surface area contributed by atoms with Gasteiger partial charge in [-0.15, -0.1) is 10.2 Å². The molecule has 0 saturated heterocycles. The third-order valence-electron chi connectivity index (χ3n) is 5.13. The predicted octanol–water partition coefficient (Wildman–Crippen LogP) is 6.88. The standard InChI is InChI=1S/C24H22BrN3/c1-3-17(2)18-11-15-22(16-12-18)28-23(19-7-5-4-6-8-19)26-27-24(28)20-9-13-21(25)14-10-20/h4-17H,3H2,1-2H3. The molecule has 4 rings (SSSR count). The lowest BCUT2D eigenvalue weighted by atomic mass is 9.98. The predicted molar refractivity (Wildman–Crippen MR) is 119 cm³/mol. The highest BCUT2D eigenvalue weighted by Gasteiger charge is 2.17. The zero-order chi connectivity index (χ0) is 19.5. The van der Waals surface area contributed by atoms with Crippen molar-refractivity contribution in [1.29, 1.82) is 0 Å². The van der Waals surface area contributed by atoms with Gasteiger partial charge in [0.2, 0.25) is 0 Å². The van der Waals surface area contributed by atoms with Gasteiger partial charge < -0.3 is 0 Å². The topological polar surface area (TPSA) is 30.7 Å². The van der Waals surface area contributed by atoms with Crippen LogP contribution in [0.15, 0.2) is 83.3 Å². The molecule has 3 nitrogen and oxygen atoms in total. The number of hydrogen-bond acceptors (Lipinski definition) is 2. The zero-order valence-corrected chi connectivity index (χ0v) is 17.6. The van der Waals surface area contributed by atoms with Gasteiger partial charge in [0.05, 0.1) is 0 Å². The molecule has 28 heavy (non-hydrogen) atoms. The van der Waals surface area contributed by atoms with E-state index in [-0.39, 0.29) is 0 Å². The fourth-order valence-corrected chi connectivity index (χ4v) is 3.54. The molecule has 4 aromatic rings. The fourth-order valence-electron chi connectivity index (χ4n) is 3.28. The van der Waals surface area contributed by atoms with Gasteiger partial charge in [0.1, 0.15) is 0 Å². The lowest BCUT2D eigenvalue weighted by molar-refractivity contribution is 0.733. The highest BCUT2D eigenvalue weighted by Crippen LogP contribution is 2.30. The van der Waals surface area contributed by atoms with E-state index in [0.29, 0.717) is 5.92 Å². The van der Waals surface area contributed by atoms with Crippen LogP contribution >= 0.6 is 15.9 Å². The summed E-state index contributed by atoms with van der Waals surface area (Å²) < 4.78 is 3.18. The van der Waals surface area contributed by atoms with Crippen LogP contribution in [0.3, 0.4) is 0 Å². The highest BCUT2D eigenvalue weighted by atomic mass is 79.9. The van der Waals surface area contributed by atoms with E-state index in [4.69, 9.17) is 0 Å². The Hall–Kier alpha value is -2.72. The van der Waals surface area contributed by atoms with Gasteiger partial charge in [-0.05, 0) is 42.2 Å². The monoisotopic (exact) mass is 431 g/mol. The summed E-state index contributed by atoms with van der Waals surface area (Å²) in [7, 11) is 0. The summed E-state index contributed by atoms with van der Waals surface area (Å²) in [6, 6.07) is 27.1. The first-order valence-corrected chi connectivity index (χ1v) is 10.3. The molecule has 0 spiro atoms. The highest BCUT2D eigenvalue weighted by molar-refractivity contribution is 9.10. The molecule has 0 bridgehead atoms. The third kappa shape index (κ3) is 3.65. The Morgan fingerprint density at radius 1 is 0.786 bits per heavy atom. The Balaban J connectivity index is 1.87. The van der Waals surface area contributed by atoms with E-state index in [0.717, 1.165) is 39.4 Å². The molecule has 1 unspecified atom stereocenters. The second kappa shape index (κ2) is 8.11. The van der Waals surface area contributed by atoms with E-state index in [1.54, 1.807) is 0 Å². The summed E-state index contributed by atoms with van der Waals surface area (Å²) in [5.74, 6) is 2.23. The maximum atomic E-state index is 4.54. The Kier molecular flexibility index (Phi) is 5.40. The van der Waals surface area contributed by atoms with E-state index in [1.165, 1.54) is 5.56 Å². The van der Waals surface area contributed by atoms with Crippen LogP contribution < -0.4 is 0 Å². The Morgan fingerprint density at radius 3 is 1.93 bits per heavy atom. The second-order valence-electron chi connectivity index (χ2n) is 6.96. The lowest BCUT2D eigenvalue weighted by Gasteiger charge is -2.13. The molecule has 4 heteroatoms. The Morgan fingerprint density at radius 2 is 1.36 bits per heavy atom. The molecule has 0 N–H and O–H groups in total. The van der Waals surface area contributed by atoms with Crippen LogP contribution in [-0.4, -0.2) is 14.8 Å². The molecule has 0 aliphatic carbocycles. The van der Waals surface area contributed by atoms with Crippen molar-refractivity contribution in [3.05, 3.63) is 88.9 Å². The molecule has 0 aliphatic rings. The maximum absolute atomic E-state index is 4.54. The van der Waals surface area contributed by atoms with Crippen molar-refractivity contribution in [2.45, 2.75) is 26.2 Å². The summed E-state index contributed by atoms with van der Waals surface area (Å²) in [5.41, 5.74) is 4.49. The van der Waals surface area contributed by atoms with Gasteiger partial charge in [0, 0.05) is 21.3 Å². The number of benzene rings is 3. The molecule has 0 saturated carbocycles. The summed E-state index contributed by atoms with van der Waals surface area (Å²) in [5, 5.41) is 9.08. The smallest absolute Gasteiger partial charge is 0.168 e. The van der Waals surface area contributed by atoms with Crippen LogP contribution in [0.25, 0.3) is 28.5 Å². The van der Waals surface area contributed by atoms with Gasteiger partial charge in [-0.3, -0.25) is 4.57 Å². The van der Waals surface area contributed by atoms with Crippen molar-refractivity contribution in [3.8, 4) is 28.5 Å². The van der Waals surface area contributed by atoms with E-state index in [1.807, 2.05) is 30.3 Å². The minimum absolute atomic E-state index is 0.550. The number of halogens is 1. The van der Waals surface area contributed by atoms with Gasteiger partial charge in [-0.2, -0.15) is 0 Å². The van der Waals surface area contributed by atoms with Crippen LogP contribution in [0.5, 0.6) is 0 Å². The van der Waals surface area contributed by atoms with Crippen molar-refractivity contribution in [2.24, 2.45) is 0 Å². The van der Waals surface area contributed by atoms with Gasteiger partial charge in [0.15, 0.2) is 11.6 Å². The Bertz CT molecular complexity index is 1050. The maximum Gasteiger partial charge on any atom is 0.168 e. The van der Waals surface area contributed by atoms with Gasteiger partial charge in [-0.25, -0.2) is 0 Å². The molecular formula is C24H22BrN3. The summed E-state index contributed by atoms with van der Waals surface area (Å²) >= 11 is 3.51. The first kappa shape index (κ1) is 18.6. The third-order valence-corrected chi connectivity index (χ3v) is 5.66. The number of hydrogen-bond donors (Lipinski definition) is 0. The van der Waals surface area contributed by atoms with Crippen LogP contribution in [0, 0.1) is 0 Å². The average molecular weight is 432 g/mol. The van der Waals surface area contributed by atoms with Crippen LogP contribution in [0.1, 0.15) is 31.7 Å². The minimum Gasteiger partial charge on any atom is -0.275 e. The SMILES string of the molecule is CCC(C)c1ccc(-n2c(-c3ccccc3)nnc2-c2ccc(Br)cc2)cc1. The molecule has 1 heterocycles.